The molecule has 0 aromatic rings. The minimum Gasteiger partial charge on any atom is -0.494 e. The van der Waals surface area contributed by atoms with Gasteiger partial charge in [0.1, 0.15) is 25.5 Å². The van der Waals surface area contributed by atoms with E-state index in [2.05, 4.69) is 0 Å². The Kier molecular flexibility index (Phi) is 4.07. The minimum atomic E-state index is -0.496. The number of nitrogens with zero attached hydrogens (tertiary/aromatic N) is 1. The lowest BCUT2D eigenvalue weighted by Gasteiger charge is -2.25. The predicted octanol–water partition coefficient (Wildman–Crippen LogP) is 0.429. The minimum absolute atomic E-state index is 0.164. The summed E-state index contributed by atoms with van der Waals surface area (Å²) in [5.41, 5.74) is 0. The highest BCUT2D eigenvalue weighted by Gasteiger charge is 2.37. The van der Waals surface area contributed by atoms with E-state index in [9.17, 15) is 9.59 Å². The van der Waals surface area contributed by atoms with Crippen molar-refractivity contribution in [3.05, 3.63) is 12.0 Å². The number of rotatable bonds is 3. The van der Waals surface area contributed by atoms with Crippen molar-refractivity contribution in [1.82, 2.24) is 4.90 Å². The van der Waals surface area contributed by atoms with Gasteiger partial charge in [-0.1, -0.05) is 0 Å². The van der Waals surface area contributed by atoms with Crippen molar-refractivity contribution in [1.29, 1.82) is 0 Å². The van der Waals surface area contributed by atoms with Gasteiger partial charge in [-0.25, -0.2) is 4.79 Å². The van der Waals surface area contributed by atoms with E-state index in [-0.39, 0.29) is 17.6 Å². The first-order valence-electron chi connectivity index (χ1n) is 6.16. The average Bonchev–Trinajstić information content (AvgIpc) is 2.88. The van der Waals surface area contributed by atoms with Crippen LogP contribution in [0.1, 0.15) is 19.8 Å². The van der Waals surface area contributed by atoms with Crippen molar-refractivity contribution >= 4 is 11.9 Å². The van der Waals surface area contributed by atoms with Gasteiger partial charge in [0.05, 0.1) is 6.61 Å². The molecule has 18 heavy (non-hydrogen) atoms. The molecule has 2 rings (SSSR count). The number of ether oxygens (including phenoxy) is 3. The Morgan fingerprint density at radius 3 is 3.00 bits per heavy atom. The number of carbonyl (C=O) groups is 2. The quantitative estimate of drug-likeness (QED) is 0.684. The summed E-state index contributed by atoms with van der Waals surface area (Å²) in [4.78, 5) is 25.4. The largest absolute Gasteiger partial charge is 0.494 e. The highest BCUT2D eigenvalue weighted by molar-refractivity contribution is 5.94. The lowest BCUT2D eigenvalue weighted by atomic mass is 10.2. The fourth-order valence-corrected chi connectivity index (χ4v) is 2.12. The first-order valence-corrected chi connectivity index (χ1v) is 6.16. The van der Waals surface area contributed by atoms with E-state index in [1.54, 1.807) is 6.92 Å². The summed E-state index contributed by atoms with van der Waals surface area (Å²) < 4.78 is 15.3. The summed E-state index contributed by atoms with van der Waals surface area (Å²) in [5, 5.41) is 0. The van der Waals surface area contributed by atoms with Crippen LogP contribution in [0.2, 0.25) is 0 Å². The van der Waals surface area contributed by atoms with Crippen LogP contribution in [-0.4, -0.2) is 49.2 Å². The fourth-order valence-electron chi connectivity index (χ4n) is 2.12. The summed E-state index contributed by atoms with van der Waals surface area (Å²) in [6, 6.07) is -0.496. The number of amides is 1. The number of hydrogen-bond donors (Lipinski definition) is 0. The lowest BCUT2D eigenvalue weighted by molar-refractivity contribution is -0.153. The first kappa shape index (κ1) is 12.7. The fraction of sp³-hybridized carbons (Fsp3) is 0.667. The van der Waals surface area contributed by atoms with Crippen molar-refractivity contribution in [3.63, 3.8) is 0 Å². The van der Waals surface area contributed by atoms with Crippen LogP contribution >= 0.6 is 0 Å². The van der Waals surface area contributed by atoms with Gasteiger partial charge in [-0.15, -0.1) is 0 Å². The molecular weight excluding hydrogens is 238 g/mol. The monoisotopic (exact) mass is 255 g/mol. The molecule has 1 fully saturated rings. The van der Waals surface area contributed by atoms with Crippen LogP contribution in [0, 0.1) is 0 Å². The van der Waals surface area contributed by atoms with Crippen molar-refractivity contribution in [2.24, 2.45) is 0 Å². The molecule has 1 unspecified atom stereocenters. The second kappa shape index (κ2) is 5.75. The van der Waals surface area contributed by atoms with Crippen molar-refractivity contribution in [2.45, 2.75) is 25.8 Å². The van der Waals surface area contributed by atoms with E-state index in [0.29, 0.717) is 32.8 Å². The Balaban J connectivity index is 2.04. The number of hydrogen-bond acceptors (Lipinski definition) is 5. The maximum Gasteiger partial charge on any atom is 0.328 e. The van der Waals surface area contributed by atoms with Crippen molar-refractivity contribution < 1.29 is 23.8 Å². The Morgan fingerprint density at radius 2 is 2.33 bits per heavy atom. The Bertz CT molecular complexity index is 365. The van der Waals surface area contributed by atoms with Crippen LogP contribution in [0.25, 0.3) is 0 Å². The molecule has 0 bridgehead atoms. The van der Waals surface area contributed by atoms with Gasteiger partial charge in [0.2, 0.25) is 5.76 Å². The van der Waals surface area contributed by atoms with Crippen molar-refractivity contribution in [3.8, 4) is 0 Å². The Hall–Kier alpha value is -1.72. The number of likely N-dealkylation sites (tertiary alicyclic amines) is 1. The molecule has 0 saturated carbocycles. The zero-order valence-electron chi connectivity index (χ0n) is 10.4. The van der Waals surface area contributed by atoms with Gasteiger partial charge in [-0.05, 0) is 19.8 Å². The van der Waals surface area contributed by atoms with Gasteiger partial charge in [0.15, 0.2) is 0 Å². The smallest absolute Gasteiger partial charge is 0.328 e. The predicted molar refractivity (Wildman–Crippen MR) is 61.4 cm³/mol. The third-order valence-corrected chi connectivity index (χ3v) is 2.93. The molecule has 6 heteroatoms. The Morgan fingerprint density at radius 1 is 1.50 bits per heavy atom. The molecular formula is C12H17NO5. The van der Waals surface area contributed by atoms with E-state index < -0.39 is 6.04 Å². The highest BCUT2D eigenvalue weighted by Crippen LogP contribution is 2.22. The van der Waals surface area contributed by atoms with Crippen LogP contribution in [0.15, 0.2) is 12.0 Å². The van der Waals surface area contributed by atoms with Gasteiger partial charge in [0.25, 0.3) is 5.91 Å². The average molecular weight is 255 g/mol. The molecule has 6 nitrogen and oxygen atoms in total. The van der Waals surface area contributed by atoms with Crippen LogP contribution in [0.3, 0.4) is 0 Å². The topological polar surface area (TPSA) is 65.1 Å². The molecule has 1 saturated heterocycles. The normalized spacial score (nSPS) is 22.8. The molecule has 0 radical (unpaired) electrons. The molecule has 0 aromatic carbocycles. The molecule has 100 valence electrons. The first-order chi connectivity index (χ1) is 8.74. The van der Waals surface area contributed by atoms with Gasteiger partial charge in [-0.2, -0.15) is 0 Å². The van der Waals surface area contributed by atoms with Crippen LogP contribution in [0.5, 0.6) is 0 Å². The van der Waals surface area contributed by atoms with E-state index in [0.717, 1.165) is 6.42 Å². The van der Waals surface area contributed by atoms with Gasteiger partial charge in [-0.3, -0.25) is 4.79 Å². The van der Waals surface area contributed by atoms with E-state index >= 15 is 0 Å². The van der Waals surface area contributed by atoms with Crippen LogP contribution in [-0.2, 0) is 23.8 Å². The Labute approximate surface area is 105 Å². The molecule has 0 aromatic heterocycles. The standard InChI is InChI=1S/C12H17NO5/c1-2-17-12(15)9-4-3-5-13(9)11(14)10-8-16-6-7-18-10/h8-9H,2-7H2,1H3. The zero-order valence-corrected chi connectivity index (χ0v) is 10.4. The number of carbonyl (C=O) groups excluding carboxylic acids is 2. The lowest BCUT2D eigenvalue weighted by Crippen LogP contribution is -2.42. The molecule has 2 aliphatic heterocycles. The summed E-state index contributed by atoms with van der Waals surface area (Å²) in [6.45, 7) is 3.41. The second-order valence-electron chi connectivity index (χ2n) is 4.11. The number of esters is 1. The molecule has 2 aliphatic rings. The maximum atomic E-state index is 12.2. The summed E-state index contributed by atoms with van der Waals surface area (Å²) in [5.74, 6) is -0.483. The second-order valence-corrected chi connectivity index (χ2v) is 4.11. The molecule has 0 aliphatic carbocycles. The summed E-state index contributed by atoms with van der Waals surface area (Å²) in [7, 11) is 0. The van der Waals surface area contributed by atoms with Crippen molar-refractivity contribution in [2.75, 3.05) is 26.4 Å². The molecule has 1 amide bonds. The summed E-state index contributed by atoms with van der Waals surface area (Å²) in [6.07, 6.45) is 2.74. The third-order valence-electron chi connectivity index (χ3n) is 2.93. The van der Waals surface area contributed by atoms with Crippen LogP contribution in [0.4, 0.5) is 0 Å². The zero-order chi connectivity index (χ0) is 13.0. The van der Waals surface area contributed by atoms with Gasteiger partial charge >= 0.3 is 5.97 Å². The van der Waals surface area contributed by atoms with E-state index in [4.69, 9.17) is 14.2 Å². The summed E-state index contributed by atoms with van der Waals surface area (Å²) >= 11 is 0. The molecule has 0 N–H and O–H groups in total. The van der Waals surface area contributed by atoms with Gasteiger partial charge < -0.3 is 19.1 Å². The molecule has 0 spiro atoms. The third kappa shape index (κ3) is 2.57. The molecule has 1 atom stereocenters. The SMILES string of the molecule is CCOC(=O)C1CCCN1C(=O)C1=COCCO1. The van der Waals surface area contributed by atoms with E-state index in [1.165, 1.54) is 11.2 Å². The maximum absolute atomic E-state index is 12.2. The van der Waals surface area contributed by atoms with Gasteiger partial charge in [0, 0.05) is 6.54 Å². The van der Waals surface area contributed by atoms with E-state index in [1.807, 2.05) is 0 Å². The molecule has 2 heterocycles. The highest BCUT2D eigenvalue weighted by atomic mass is 16.6. The van der Waals surface area contributed by atoms with Crippen LogP contribution < -0.4 is 0 Å².